The van der Waals surface area contributed by atoms with Crippen LogP contribution in [0.4, 0.5) is 0 Å². The Morgan fingerprint density at radius 3 is 1.50 bits per heavy atom. The number of nitrogens with zero attached hydrogens (tertiary/aromatic N) is 4. The molecule has 0 saturated heterocycles. The maximum atomic E-state index is 3.78. The third-order valence-corrected chi connectivity index (χ3v) is 1.21. The summed E-state index contributed by atoms with van der Waals surface area (Å²) in [5, 5.41) is 14.3. The zero-order chi connectivity index (χ0) is 5.98. The topological polar surface area (TPSA) is 49.4 Å². The molecule has 1 aliphatic heterocycles. The van der Waals surface area contributed by atoms with Crippen molar-refractivity contribution in [2.24, 2.45) is 20.7 Å². The second-order valence-electron chi connectivity index (χ2n) is 1.89. The molecule has 8 heavy (non-hydrogen) atoms. The van der Waals surface area contributed by atoms with Crippen LogP contribution in [0.3, 0.4) is 0 Å². The van der Waals surface area contributed by atoms with Crippen LogP contribution in [0.25, 0.3) is 0 Å². The highest BCUT2D eigenvalue weighted by atomic mass is 15.5. The predicted octanol–water partition coefficient (Wildman–Crippen LogP) is 1.60. The molecule has 44 valence electrons. The molecule has 0 unspecified atom stereocenters. The van der Waals surface area contributed by atoms with Gasteiger partial charge in [0.1, 0.15) is 0 Å². The van der Waals surface area contributed by atoms with Crippen LogP contribution >= 0.6 is 0 Å². The normalized spacial score (nSPS) is 35.8. The van der Waals surface area contributed by atoms with E-state index in [1.54, 1.807) is 0 Å². The minimum Gasteiger partial charge on any atom is -0.162 e. The van der Waals surface area contributed by atoms with Crippen LogP contribution in [0.15, 0.2) is 20.7 Å². The molecule has 0 spiro atoms. The molecule has 0 aromatic rings. The summed E-state index contributed by atoms with van der Waals surface area (Å²) in [6.45, 7) is 3.93. The van der Waals surface area contributed by atoms with E-state index in [0.717, 1.165) is 0 Å². The van der Waals surface area contributed by atoms with E-state index < -0.39 is 0 Å². The molecule has 0 aromatic carbocycles. The van der Waals surface area contributed by atoms with E-state index >= 15 is 0 Å². The van der Waals surface area contributed by atoms with Crippen LogP contribution in [0.1, 0.15) is 13.8 Å². The maximum absolute atomic E-state index is 3.78. The lowest BCUT2D eigenvalue weighted by molar-refractivity contribution is 0.507. The smallest absolute Gasteiger partial charge is 0.0942 e. The highest BCUT2D eigenvalue weighted by molar-refractivity contribution is 4.72. The van der Waals surface area contributed by atoms with E-state index in [1.165, 1.54) is 0 Å². The Bertz CT molecular complexity index is 112. The monoisotopic (exact) mass is 112 g/mol. The zero-order valence-electron chi connectivity index (χ0n) is 4.94. The molecule has 0 amide bonds. The molecular formula is C4H8N4. The lowest BCUT2D eigenvalue weighted by atomic mass is 10.2. The Balaban J connectivity index is 2.59. The van der Waals surface area contributed by atoms with Crippen LogP contribution in [-0.2, 0) is 0 Å². The number of rotatable bonds is 0. The van der Waals surface area contributed by atoms with Crippen molar-refractivity contribution in [1.29, 1.82) is 0 Å². The van der Waals surface area contributed by atoms with Gasteiger partial charge in [-0.05, 0) is 24.3 Å². The summed E-state index contributed by atoms with van der Waals surface area (Å²) in [4.78, 5) is 0. The molecule has 0 fully saturated rings. The summed E-state index contributed by atoms with van der Waals surface area (Å²) in [6.07, 6.45) is 0. The van der Waals surface area contributed by atoms with Gasteiger partial charge >= 0.3 is 0 Å². The molecule has 4 heteroatoms. The zero-order valence-corrected chi connectivity index (χ0v) is 4.94. The third kappa shape index (κ3) is 0.882. The van der Waals surface area contributed by atoms with Gasteiger partial charge in [0.15, 0.2) is 0 Å². The first-order valence-electron chi connectivity index (χ1n) is 2.60. The molecule has 0 saturated carbocycles. The summed E-state index contributed by atoms with van der Waals surface area (Å²) >= 11 is 0. The SMILES string of the molecule is C[C@@H]1N=NN=N[C@@H]1C. The second kappa shape index (κ2) is 1.98. The van der Waals surface area contributed by atoms with Gasteiger partial charge < -0.3 is 0 Å². The lowest BCUT2D eigenvalue weighted by Crippen LogP contribution is -2.15. The van der Waals surface area contributed by atoms with Gasteiger partial charge in [0.2, 0.25) is 0 Å². The average molecular weight is 112 g/mol. The molecule has 0 radical (unpaired) electrons. The standard InChI is InChI=1S/C4H8N4/c1-3-4(2)6-8-7-5-3/h3-4H,1-2H3/t3-,4+. The van der Waals surface area contributed by atoms with E-state index in [0.29, 0.717) is 0 Å². The third-order valence-electron chi connectivity index (χ3n) is 1.21. The van der Waals surface area contributed by atoms with Gasteiger partial charge in [-0.25, -0.2) is 0 Å². The summed E-state index contributed by atoms with van der Waals surface area (Å²) in [5.74, 6) is 0. The molecule has 1 heterocycles. The van der Waals surface area contributed by atoms with E-state index in [2.05, 4.69) is 20.7 Å². The van der Waals surface area contributed by atoms with Gasteiger partial charge in [0.05, 0.1) is 12.1 Å². The van der Waals surface area contributed by atoms with Crippen molar-refractivity contribution in [3.05, 3.63) is 0 Å². The minimum absolute atomic E-state index is 0.201. The second-order valence-corrected chi connectivity index (χ2v) is 1.89. The molecule has 4 nitrogen and oxygen atoms in total. The molecule has 2 atom stereocenters. The quantitative estimate of drug-likeness (QED) is 0.457. The molecule has 0 aromatic heterocycles. The van der Waals surface area contributed by atoms with Crippen molar-refractivity contribution < 1.29 is 0 Å². The van der Waals surface area contributed by atoms with Crippen molar-refractivity contribution in [1.82, 2.24) is 0 Å². The van der Waals surface area contributed by atoms with Gasteiger partial charge in [0, 0.05) is 0 Å². The van der Waals surface area contributed by atoms with Crippen molar-refractivity contribution in [3.63, 3.8) is 0 Å². The van der Waals surface area contributed by atoms with E-state index in [9.17, 15) is 0 Å². The Hall–Kier alpha value is -0.800. The van der Waals surface area contributed by atoms with Crippen molar-refractivity contribution in [2.75, 3.05) is 0 Å². The Morgan fingerprint density at radius 1 is 0.875 bits per heavy atom. The molecule has 0 aliphatic carbocycles. The fourth-order valence-corrected chi connectivity index (χ4v) is 0.402. The minimum atomic E-state index is 0.201. The summed E-state index contributed by atoms with van der Waals surface area (Å²) < 4.78 is 0. The fourth-order valence-electron chi connectivity index (χ4n) is 0.402. The average Bonchev–Trinajstić information content (AvgIpc) is 1.77. The summed E-state index contributed by atoms with van der Waals surface area (Å²) in [7, 11) is 0. The van der Waals surface area contributed by atoms with E-state index in [-0.39, 0.29) is 12.1 Å². The van der Waals surface area contributed by atoms with Crippen molar-refractivity contribution >= 4 is 0 Å². The highest BCUT2D eigenvalue weighted by Crippen LogP contribution is 2.07. The largest absolute Gasteiger partial charge is 0.162 e. The molecular weight excluding hydrogens is 104 g/mol. The van der Waals surface area contributed by atoms with Crippen LogP contribution in [0, 0.1) is 0 Å². The Labute approximate surface area is 47.7 Å². The van der Waals surface area contributed by atoms with E-state index in [4.69, 9.17) is 0 Å². The maximum Gasteiger partial charge on any atom is 0.0942 e. The van der Waals surface area contributed by atoms with Crippen molar-refractivity contribution in [3.8, 4) is 0 Å². The summed E-state index contributed by atoms with van der Waals surface area (Å²) in [5.41, 5.74) is 0. The number of hydrogen-bond acceptors (Lipinski definition) is 4. The first-order valence-corrected chi connectivity index (χ1v) is 2.60. The molecule has 1 aliphatic rings. The lowest BCUT2D eigenvalue weighted by Gasteiger charge is -2.08. The van der Waals surface area contributed by atoms with Crippen LogP contribution in [0.5, 0.6) is 0 Å². The Kier molecular flexibility index (Phi) is 1.32. The van der Waals surface area contributed by atoms with E-state index in [1.807, 2.05) is 13.8 Å². The van der Waals surface area contributed by atoms with Gasteiger partial charge in [-0.3, -0.25) is 0 Å². The molecule has 0 bridgehead atoms. The van der Waals surface area contributed by atoms with Crippen molar-refractivity contribution in [2.45, 2.75) is 25.9 Å². The van der Waals surface area contributed by atoms with Gasteiger partial charge in [0.25, 0.3) is 0 Å². The number of hydrogen-bond donors (Lipinski definition) is 0. The van der Waals surface area contributed by atoms with Gasteiger partial charge in [-0.1, -0.05) is 0 Å². The first-order chi connectivity index (χ1) is 3.80. The molecule has 0 N–H and O–H groups in total. The van der Waals surface area contributed by atoms with Gasteiger partial charge in [-0.2, -0.15) is 10.2 Å². The van der Waals surface area contributed by atoms with Gasteiger partial charge in [-0.15, -0.1) is 0 Å². The summed E-state index contributed by atoms with van der Waals surface area (Å²) in [6, 6.07) is 0.403. The highest BCUT2D eigenvalue weighted by Gasteiger charge is 2.11. The van der Waals surface area contributed by atoms with Crippen LogP contribution < -0.4 is 0 Å². The first kappa shape index (κ1) is 5.34. The Morgan fingerprint density at radius 2 is 1.25 bits per heavy atom. The van der Waals surface area contributed by atoms with Crippen LogP contribution in [-0.4, -0.2) is 12.1 Å². The fraction of sp³-hybridized carbons (Fsp3) is 1.00. The van der Waals surface area contributed by atoms with Crippen LogP contribution in [0.2, 0.25) is 0 Å². The predicted molar refractivity (Wildman–Crippen MR) is 28.6 cm³/mol. The molecule has 1 rings (SSSR count).